The lowest BCUT2D eigenvalue weighted by Gasteiger charge is -2.16. The second-order valence-corrected chi connectivity index (χ2v) is 3.90. The summed E-state index contributed by atoms with van der Waals surface area (Å²) in [4.78, 5) is 0. The molecule has 0 radical (unpaired) electrons. The summed E-state index contributed by atoms with van der Waals surface area (Å²) >= 11 is 0. The normalized spacial score (nSPS) is 29.9. The summed E-state index contributed by atoms with van der Waals surface area (Å²) in [5.41, 5.74) is 6.03. The minimum atomic E-state index is 0.276. The fourth-order valence-electron chi connectivity index (χ4n) is 1.82. The van der Waals surface area contributed by atoms with Gasteiger partial charge in [0.15, 0.2) is 0 Å². The van der Waals surface area contributed by atoms with Crippen molar-refractivity contribution in [1.82, 2.24) is 0 Å². The molecule has 0 aromatic heterocycles. The van der Waals surface area contributed by atoms with Crippen molar-refractivity contribution in [2.24, 2.45) is 11.7 Å². The second kappa shape index (κ2) is 5.26. The Bertz CT molecular complexity index is 185. The Labute approximate surface area is 80.8 Å². The van der Waals surface area contributed by atoms with Gasteiger partial charge < -0.3 is 10.5 Å². The van der Waals surface area contributed by atoms with Gasteiger partial charge in [0.1, 0.15) is 0 Å². The molecule has 1 rings (SSSR count). The third kappa shape index (κ3) is 3.38. The van der Waals surface area contributed by atoms with Gasteiger partial charge in [-0.3, -0.25) is 0 Å². The van der Waals surface area contributed by atoms with Gasteiger partial charge in [-0.2, -0.15) is 0 Å². The topological polar surface area (TPSA) is 35.2 Å². The van der Waals surface area contributed by atoms with Gasteiger partial charge in [0.2, 0.25) is 0 Å². The lowest BCUT2D eigenvalue weighted by molar-refractivity contribution is 0.118. The summed E-state index contributed by atoms with van der Waals surface area (Å²) in [6.45, 7) is 2.94. The van der Waals surface area contributed by atoms with Crippen LogP contribution in [-0.4, -0.2) is 18.8 Å². The molecule has 3 unspecified atom stereocenters. The Morgan fingerprint density at radius 1 is 1.69 bits per heavy atom. The standard InChI is InChI=1S/C11H19NO/c1-3-4-5-6-11(12)10-7-9(2)13-8-10/h1,9-11H,4-8,12H2,2H3. The number of ether oxygens (including phenoxy) is 1. The molecule has 3 atom stereocenters. The van der Waals surface area contributed by atoms with Gasteiger partial charge in [-0.25, -0.2) is 0 Å². The molecule has 1 fully saturated rings. The highest BCUT2D eigenvalue weighted by Crippen LogP contribution is 2.23. The highest BCUT2D eigenvalue weighted by Gasteiger charge is 2.26. The largest absolute Gasteiger partial charge is 0.378 e. The van der Waals surface area contributed by atoms with E-state index in [1.807, 2.05) is 0 Å². The zero-order valence-corrected chi connectivity index (χ0v) is 8.33. The molecule has 2 heteroatoms. The minimum absolute atomic E-state index is 0.276. The summed E-state index contributed by atoms with van der Waals surface area (Å²) in [7, 11) is 0. The van der Waals surface area contributed by atoms with Gasteiger partial charge >= 0.3 is 0 Å². The lowest BCUT2D eigenvalue weighted by atomic mass is 9.94. The maximum atomic E-state index is 6.03. The molecule has 1 saturated heterocycles. The van der Waals surface area contributed by atoms with E-state index in [2.05, 4.69) is 12.8 Å². The molecule has 0 aromatic rings. The highest BCUT2D eigenvalue weighted by molar-refractivity contribution is 4.85. The molecule has 1 aliphatic heterocycles. The predicted octanol–water partition coefficient (Wildman–Crippen LogP) is 1.54. The van der Waals surface area contributed by atoms with Crippen LogP contribution in [0, 0.1) is 18.3 Å². The number of hydrogen-bond donors (Lipinski definition) is 1. The summed E-state index contributed by atoms with van der Waals surface area (Å²) in [6, 6.07) is 0.276. The number of unbranched alkanes of at least 4 members (excludes halogenated alkanes) is 1. The van der Waals surface area contributed by atoms with Crippen LogP contribution in [0.1, 0.15) is 32.6 Å². The van der Waals surface area contributed by atoms with Crippen LogP contribution >= 0.6 is 0 Å². The van der Waals surface area contributed by atoms with E-state index in [-0.39, 0.29) is 6.04 Å². The van der Waals surface area contributed by atoms with E-state index in [0.717, 1.165) is 32.3 Å². The Morgan fingerprint density at radius 2 is 2.46 bits per heavy atom. The maximum absolute atomic E-state index is 6.03. The first-order valence-electron chi connectivity index (χ1n) is 5.04. The van der Waals surface area contributed by atoms with E-state index in [4.69, 9.17) is 16.9 Å². The fourth-order valence-corrected chi connectivity index (χ4v) is 1.82. The Balaban J connectivity index is 2.16. The van der Waals surface area contributed by atoms with Crippen molar-refractivity contribution in [2.45, 2.75) is 44.8 Å². The van der Waals surface area contributed by atoms with Gasteiger partial charge in [-0.15, -0.1) is 12.3 Å². The predicted molar refractivity (Wildman–Crippen MR) is 54.2 cm³/mol. The Kier molecular flexibility index (Phi) is 4.27. The Morgan fingerprint density at radius 3 is 3.00 bits per heavy atom. The van der Waals surface area contributed by atoms with E-state index < -0.39 is 0 Å². The molecule has 0 bridgehead atoms. The maximum Gasteiger partial charge on any atom is 0.0551 e. The van der Waals surface area contributed by atoms with Crippen LogP contribution in [0.3, 0.4) is 0 Å². The average Bonchev–Trinajstić information content (AvgIpc) is 2.52. The van der Waals surface area contributed by atoms with Crippen LogP contribution in [0.2, 0.25) is 0 Å². The van der Waals surface area contributed by atoms with Crippen LogP contribution in [0.4, 0.5) is 0 Å². The molecule has 0 spiro atoms. The van der Waals surface area contributed by atoms with E-state index in [9.17, 15) is 0 Å². The summed E-state index contributed by atoms with van der Waals surface area (Å²) in [5, 5.41) is 0. The van der Waals surface area contributed by atoms with E-state index >= 15 is 0 Å². The fraction of sp³-hybridized carbons (Fsp3) is 0.818. The van der Waals surface area contributed by atoms with Crippen LogP contribution in [0.5, 0.6) is 0 Å². The van der Waals surface area contributed by atoms with Gasteiger partial charge in [0, 0.05) is 12.5 Å². The van der Waals surface area contributed by atoms with Crippen LogP contribution in [0.25, 0.3) is 0 Å². The zero-order chi connectivity index (χ0) is 9.68. The zero-order valence-electron chi connectivity index (χ0n) is 8.33. The molecule has 0 amide bonds. The third-order valence-corrected chi connectivity index (χ3v) is 2.69. The second-order valence-electron chi connectivity index (χ2n) is 3.90. The van der Waals surface area contributed by atoms with Crippen molar-refractivity contribution in [1.29, 1.82) is 0 Å². The molecule has 13 heavy (non-hydrogen) atoms. The van der Waals surface area contributed by atoms with Gasteiger partial charge in [-0.05, 0) is 32.1 Å². The van der Waals surface area contributed by atoms with Gasteiger partial charge in [0.25, 0.3) is 0 Å². The first-order valence-corrected chi connectivity index (χ1v) is 5.04. The lowest BCUT2D eigenvalue weighted by Crippen LogP contribution is -2.30. The molecule has 1 aliphatic rings. The van der Waals surface area contributed by atoms with Crippen molar-refractivity contribution in [3.05, 3.63) is 0 Å². The number of terminal acetylenes is 1. The Hall–Kier alpha value is -0.520. The van der Waals surface area contributed by atoms with E-state index in [1.54, 1.807) is 0 Å². The SMILES string of the molecule is C#CCCCC(N)C1COC(C)C1. The average molecular weight is 181 g/mol. The van der Waals surface area contributed by atoms with Crippen molar-refractivity contribution in [3.63, 3.8) is 0 Å². The number of hydrogen-bond acceptors (Lipinski definition) is 2. The molecular formula is C11H19NO. The van der Waals surface area contributed by atoms with Crippen molar-refractivity contribution >= 4 is 0 Å². The molecule has 0 aliphatic carbocycles. The highest BCUT2D eigenvalue weighted by atomic mass is 16.5. The van der Waals surface area contributed by atoms with Crippen LogP contribution in [-0.2, 0) is 4.74 Å². The number of rotatable bonds is 4. The van der Waals surface area contributed by atoms with Crippen LogP contribution < -0.4 is 5.73 Å². The van der Waals surface area contributed by atoms with Crippen LogP contribution in [0.15, 0.2) is 0 Å². The molecule has 0 saturated carbocycles. The molecular weight excluding hydrogens is 162 g/mol. The summed E-state index contributed by atoms with van der Waals surface area (Å²) < 4.78 is 5.47. The van der Waals surface area contributed by atoms with Gasteiger partial charge in [-0.1, -0.05) is 0 Å². The molecule has 1 heterocycles. The smallest absolute Gasteiger partial charge is 0.0551 e. The molecule has 2 N–H and O–H groups in total. The van der Waals surface area contributed by atoms with Crippen molar-refractivity contribution in [3.8, 4) is 12.3 Å². The van der Waals surface area contributed by atoms with Crippen molar-refractivity contribution in [2.75, 3.05) is 6.61 Å². The minimum Gasteiger partial charge on any atom is -0.378 e. The summed E-state index contributed by atoms with van der Waals surface area (Å²) in [6.07, 6.45) is 9.60. The first kappa shape index (κ1) is 10.6. The van der Waals surface area contributed by atoms with E-state index in [1.165, 1.54) is 0 Å². The molecule has 0 aromatic carbocycles. The van der Waals surface area contributed by atoms with Crippen molar-refractivity contribution < 1.29 is 4.74 Å². The molecule has 74 valence electrons. The third-order valence-electron chi connectivity index (χ3n) is 2.69. The molecule has 2 nitrogen and oxygen atoms in total. The summed E-state index contributed by atoms with van der Waals surface area (Å²) in [5.74, 6) is 3.18. The van der Waals surface area contributed by atoms with Gasteiger partial charge in [0.05, 0.1) is 12.7 Å². The van der Waals surface area contributed by atoms with E-state index in [0.29, 0.717) is 12.0 Å². The number of nitrogens with two attached hydrogens (primary N) is 1. The monoisotopic (exact) mass is 181 g/mol. The quantitative estimate of drug-likeness (QED) is 0.527. The first-order chi connectivity index (χ1) is 6.24.